The molecule has 1 aliphatic heterocycles. The van der Waals surface area contributed by atoms with Crippen molar-refractivity contribution in [3.05, 3.63) is 41.5 Å². The molecular formula is C18H20N4O3S. The Morgan fingerprint density at radius 3 is 2.81 bits per heavy atom. The van der Waals surface area contributed by atoms with Crippen molar-refractivity contribution >= 4 is 22.2 Å². The lowest BCUT2D eigenvalue weighted by atomic mass is 10.2. The van der Waals surface area contributed by atoms with E-state index in [-0.39, 0.29) is 5.91 Å². The number of methoxy groups -OCH3 is 1. The fraction of sp³-hybridized carbons (Fsp3) is 0.333. The van der Waals surface area contributed by atoms with Crippen molar-refractivity contribution in [2.75, 3.05) is 33.4 Å². The minimum absolute atomic E-state index is 0.0219. The maximum absolute atomic E-state index is 12.3. The molecule has 7 nitrogen and oxygen atoms in total. The number of aromatic nitrogens is 2. The Balaban J connectivity index is 1.49. The molecule has 0 aliphatic carbocycles. The van der Waals surface area contributed by atoms with Crippen molar-refractivity contribution in [2.24, 2.45) is 0 Å². The number of hydrogen-bond donors (Lipinski definition) is 1. The maximum Gasteiger partial charge on any atom is 0.240 e. The molecular weight excluding hydrogens is 352 g/mol. The summed E-state index contributed by atoms with van der Waals surface area (Å²) < 4.78 is 12.5. The predicted octanol–water partition coefficient (Wildman–Crippen LogP) is 1.98. The summed E-state index contributed by atoms with van der Waals surface area (Å²) in [7, 11) is 1.65. The summed E-state index contributed by atoms with van der Waals surface area (Å²) >= 11 is 1.54. The maximum atomic E-state index is 12.3. The number of carbonyl (C=O) groups excluding carboxylic acids is 1. The first-order chi connectivity index (χ1) is 12.7. The Labute approximate surface area is 155 Å². The lowest BCUT2D eigenvalue weighted by Crippen LogP contribution is -2.48. The molecule has 3 heterocycles. The lowest BCUT2D eigenvalue weighted by molar-refractivity contribution is -0.127. The molecule has 1 saturated heterocycles. The summed E-state index contributed by atoms with van der Waals surface area (Å²) in [5, 5.41) is 3.89. The minimum Gasteiger partial charge on any atom is -0.497 e. The Hall–Kier alpha value is -2.42. The second-order valence-corrected chi connectivity index (χ2v) is 6.88. The molecule has 0 bridgehead atoms. The summed E-state index contributed by atoms with van der Waals surface area (Å²) in [6, 6.07) is 7.80. The molecule has 1 aromatic carbocycles. The molecule has 8 heteroatoms. The van der Waals surface area contributed by atoms with Gasteiger partial charge in [0.2, 0.25) is 5.91 Å². The third-order valence-corrected chi connectivity index (χ3v) is 5.19. The van der Waals surface area contributed by atoms with Crippen LogP contribution in [0.5, 0.6) is 5.75 Å². The van der Waals surface area contributed by atoms with Crippen LogP contribution in [0.25, 0.3) is 16.2 Å². The van der Waals surface area contributed by atoms with Gasteiger partial charge in [0.05, 0.1) is 32.4 Å². The van der Waals surface area contributed by atoms with Crippen LogP contribution < -0.4 is 10.2 Å². The molecule has 1 fully saturated rings. The zero-order valence-electron chi connectivity index (χ0n) is 14.5. The van der Waals surface area contributed by atoms with E-state index in [1.165, 1.54) is 11.3 Å². The van der Waals surface area contributed by atoms with Gasteiger partial charge in [-0.15, -0.1) is 11.3 Å². The first-order valence-corrected chi connectivity index (χ1v) is 9.33. The zero-order valence-corrected chi connectivity index (χ0v) is 15.3. The molecule has 3 aromatic rings. The number of hydrazine groups is 1. The summed E-state index contributed by atoms with van der Waals surface area (Å²) in [6.07, 6.45) is 2.29. The summed E-state index contributed by atoms with van der Waals surface area (Å²) in [6.45, 7) is 2.74. The van der Waals surface area contributed by atoms with Crippen molar-refractivity contribution in [1.29, 1.82) is 0 Å². The Morgan fingerprint density at radius 1 is 1.31 bits per heavy atom. The quantitative estimate of drug-likeness (QED) is 0.742. The number of nitrogens with one attached hydrogen (secondary N) is 1. The van der Waals surface area contributed by atoms with Gasteiger partial charge in [0.15, 0.2) is 4.96 Å². The molecule has 4 rings (SSSR count). The van der Waals surface area contributed by atoms with Gasteiger partial charge in [0, 0.05) is 35.9 Å². The summed E-state index contributed by atoms with van der Waals surface area (Å²) in [5.74, 6) is 0.793. The number of hydrogen-bond acceptors (Lipinski definition) is 6. The molecule has 2 aromatic heterocycles. The van der Waals surface area contributed by atoms with Crippen molar-refractivity contribution < 1.29 is 14.3 Å². The van der Waals surface area contributed by atoms with Gasteiger partial charge in [-0.2, -0.15) is 0 Å². The van der Waals surface area contributed by atoms with Gasteiger partial charge in [-0.1, -0.05) is 0 Å². The van der Waals surface area contributed by atoms with Crippen molar-refractivity contribution in [1.82, 2.24) is 19.8 Å². The van der Waals surface area contributed by atoms with E-state index in [9.17, 15) is 4.79 Å². The van der Waals surface area contributed by atoms with E-state index in [2.05, 4.69) is 10.4 Å². The normalized spacial score (nSPS) is 15.3. The van der Waals surface area contributed by atoms with Crippen LogP contribution in [0.15, 0.2) is 35.8 Å². The van der Waals surface area contributed by atoms with E-state index in [0.29, 0.717) is 19.6 Å². The van der Waals surface area contributed by atoms with Crippen molar-refractivity contribution in [3.63, 3.8) is 0 Å². The van der Waals surface area contributed by atoms with Gasteiger partial charge in [-0.25, -0.2) is 9.99 Å². The summed E-state index contributed by atoms with van der Waals surface area (Å²) in [4.78, 5) is 17.9. The van der Waals surface area contributed by atoms with E-state index in [0.717, 1.165) is 40.8 Å². The van der Waals surface area contributed by atoms with E-state index >= 15 is 0 Å². The smallest absolute Gasteiger partial charge is 0.240 e. The van der Waals surface area contributed by atoms with Crippen LogP contribution in [0.4, 0.5) is 0 Å². The van der Waals surface area contributed by atoms with E-state index in [4.69, 9.17) is 9.47 Å². The van der Waals surface area contributed by atoms with Gasteiger partial charge in [-0.05, 0) is 24.3 Å². The molecule has 136 valence electrons. The van der Waals surface area contributed by atoms with E-state index in [1.807, 2.05) is 45.3 Å². The van der Waals surface area contributed by atoms with E-state index in [1.54, 1.807) is 7.11 Å². The zero-order chi connectivity index (χ0) is 17.9. The first kappa shape index (κ1) is 17.0. The lowest BCUT2D eigenvalue weighted by Gasteiger charge is -2.26. The highest BCUT2D eigenvalue weighted by Gasteiger charge is 2.16. The largest absolute Gasteiger partial charge is 0.497 e. The van der Waals surface area contributed by atoms with Crippen LogP contribution >= 0.6 is 11.3 Å². The number of ether oxygens (including phenoxy) is 2. The predicted molar refractivity (Wildman–Crippen MR) is 99.3 cm³/mol. The Kier molecular flexibility index (Phi) is 4.87. The van der Waals surface area contributed by atoms with Gasteiger partial charge in [0.1, 0.15) is 5.75 Å². The highest BCUT2D eigenvalue weighted by atomic mass is 32.1. The number of imidazole rings is 1. The highest BCUT2D eigenvalue weighted by Crippen LogP contribution is 2.25. The fourth-order valence-electron chi connectivity index (χ4n) is 2.91. The Bertz CT molecular complexity index is 897. The number of morpholine rings is 1. The first-order valence-electron chi connectivity index (χ1n) is 8.45. The Morgan fingerprint density at radius 2 is 2.08 bits per heavy atom. The van der Waals surface area contributed by atoms with Gasteiger partial charge >= 0.3 is 0 Å². The second kappa shape index (κ2) is 7.45. The van der Waals surface area contributed by atoms with Crippen LogP contribution in [0, 0.1) is 0 Å². The number of fused-ring (bicyclic) bond motifs is 1. The molecule has 0 atom stereocenters. The molecule has 1 amide bonds. The molecule has 0 unspecified atom stereocenters. The number of nitrogens with zero attached hydrogens (tertiary/aromatic N) is 3. The second-order valence-electron chi connectivity index (χ2n) is 6.05. The third-order valence-electron chi connectivity index (χ3n) is 4.30. The fourth-order valence-corrected chi connectivity index (χ4v) is 3.79. The third kappa shape index (κ3) is 3.57. The molecule has 1 aliphatic rings. The molecule has 0 spiro atoms. The molecule has 0 saturated carbocycles. The molecule has 1 N–H and O–H groups in total. The minimum atomic E-state index is -0.0219. The molecule has 26 heavy (non-hydrogen) atoms. The number of amides is 1. The number of carbonyl (C=O) groups is 1. The topological polar surface area (TPSA) is 68.1 Å². The van der Waals surface area contributed by atoms with Gasteiger partial charge < -0.3 is 9.47 Å². The summed E-state index contributed by atoms with van der Waals surface area (Å²) in [5.41, 5.74) is 5.78. The van der Waals surface area contributed by atoms with Crippen LogP contribution in [0.3, 0.4) is 0 Å². The van der Waals surface area contributed by atoms with E-state index < -0.39 is 0 Å². The number of benzene rings is 1. The van der Waals surface area contributed by atoms with Crippen LogP contribution in [-0.2, 0) is 16.0 Å². The van der Waals surface area contributed by atoms with Crippen LogP contribution in [-0.4, -0.2) is 53.7 Å². The van der Waals surface area contributed by atoms with Crippen LogP contribution in [0.2, 0.25) is 0 Å². The number of rotatable bonds is 5. The SMILES string of the molecule is COc1ccc(-c2cn3c(CC(=O)NN4CCOCC4)csc3n2)cc1. The standard InChI is InChI=1S/C18H20N4O3S/c1-24-15-4-2-13(3-5-15)16-11-22-14(12-26-18(22)19-16)10-17(23)20-21-6-8-25-9-7-21/h2-5,11-12H,6-10H2,1H3,(H,20,23). The average Bonchev–Trinajstić information content (AvgIpc) is 3.25. The highest BCUT2D eigenvalue weighted by molar-refractivity contribution is 7.15. The van der Waals surface area contributed by atoms with Crippen molar-refractivity contribution in [3.8, 4) is 17.0 Å². The van der Waals surface area contributed by atoms with Gasteiger partial charge in [0.25, 0.3) is 0 Å². The van der Waals surface area contributed by atoms with Crippen molar-refractivity contribution in [2.45, 2.75) is 6.42 Å². The average molecular weight is 372 g/mol. The van der Waals surface area contributed by atoms with Gasteiger partial charge in [-0.3, -0.25) is 14.6 Å². The monoisotopic (exact) mass is 372 g/mol. The number of thiazole rings is 1. The molecule has 0 radical (unpaired) electrons. The van der Waals surface area contributed by atoms with Crippen LogP contribution in [0.1, 0.15) is 5.69 Å².